The molecule has 3 nitrogen and oxygen atoms in total. The summed E-state index contributed by atoms with van der Waals surface area (Å²) in [5.41, 5.74) is 2.81. The van der Waals surface area contributed by atoms with Crippen LogP contribution in [0.25, 0.3) is 0 Å². The van der Waals surface area contributed by atoms with E-state index in [1.54, 1.807) is 6.21 Å². The molecule has 0 unspecified atom stereocenters. The van der Waals surface area contributed by atoms with Crippen LogP contribution in [0.2, 0.25) is 0 Å². The molecule has 1 aromatic heterocycles. The van der Waals surface area contributed by atoms with Gasteiger partial charge in [-0.15, -0.1) is 0 Å². The van der Waals surface area contributed by atoms with Crippen molar-refractivity contribution in [1.82, 2.24) is 9.97 Å². The lowest BCUT2D eigenvalue weighted by Gasteiger charge is -2.02. The molecule has 0 spiro atoms. The zero-order chi connectivity index (χ0) is 13.1. The summed E-state index contributed by atoms with van der Waals surface area (Å²) in [7, 11) is 0. The van der Waals surface area contributed by atoms with Crippen molar-refractivity contribution in [3.63, 3.8) is 0 Å². The Bertz CT molecular complexity index is 317. The summed E-state index contributed by atoms with van der Waals surface area (Å²) in [5, 5.41) is 0. The fourth-order valence-electron chi connectivity index (χ4n) is 0.948. The third-order valence-electron chi connectivity index (χ3n) is 1.71. The van der Waals surface area contributed by atoms with E-state index in [0.29, 0.717) is 0 Å². The Morgan fingerprint density at radius 1 is 0.812 bits per heavy atom. The number of hydrogen-bond donors (Lipinski definition) is 0. The second kappa shape index (κ2) is 10.3. The minimum atomic E-state index is 0.723. The smallest absolute Gasteiger partial charge is 0.173 e. The highest BCUT2D eigenvalue weighted by Crippen LogP contribution is 2.14. The largest absolute Gasteiger partial charge is 0.253 e. The SMILES string of the molecule is CC.CC.CC=Nc1nc(C)c(C)nc1C. The molecular weight excluding hydrogens is 198 g/mol. The van der Waals surface area contributed by atoms with Crippen LogP contribution in [-0.2, 0) is 0 Å². The molecule has 0 saturated carbocycles. The van der Waals surface area contributed by atoms with Gasteiger partial charge in [0.15, 0.2) is 5.82 Å². The minimum Gasteiger partial charge on any atom is -0.253 e. The second-order valence-corrected chi connectivity index (χ2v) is 2.69. The van der Waals surface area contributed by atoms with Crippen LogP contribution in [0, 0.1) is 20.8 Å². The van der Waals surface area contributed by atoms with E-state index in [1.165, 1.54) is 0 Å². The zero-order valence-corrected chi connectivity index (χ0v) is 11.9. The Balaban J connectivity index is 0. The molecule has 0 bridgehead atoms. The molecular formula is C13H25N3. The van der Waals surface area contributed by atoms with Gasteiger partial charge in [-0.3, -0.25) is 4.98 Å². The molecule has 0 atom stereocenters. The van der Waals surface area contributed by atoms with Crippen molar-refractivity contribution in [3.8, 4) is 0 Å². The normalized spacial score (nSPS) is 9.00. The predicted molar refractivity (Wildman–Crippen MR) is 72.8 cm³/mol. The second-order valence-electron chi connectivity index (χ2n) is 2.69. The summed E-state index contributed by atoms with van der Waals surface area (Å²) in [5.74, 6) is 0.723. The zero-order valence-electron chi connectivity index (χ0n) is 11.9. The van der Waals surface area contributed by atoms with Gasteiger partial charge in [-0.05, 0) is 27.7 Å². The lowest BCUT2D eigenvalue weighted by Crippen LogP contribution is -1.94. The van der Waals surface area contributed by atoms with Gasteiger partial charge in [0.05, 0.1) is 17.1 Å². The standard InChI is InChI=1S/C9H13N3.2C2H6/c1-5-10-9-8(4)11-6(2)7(3)12-9;2*1-2/h5H,1-4H3;2*1-2H3. The van der Waals surface area contributed by atoms with Gasteiger partial charge in [-0.1, -0.05) is 27.7 Å². The van der Waals surface area contributed by atoms with E-state index in [-0.39, 0.29) is 0 Å². The highest BCUT2D eigenvalue weighted by atomic mass is 15.0. The Kier molecular flexibility index (Phi) is 11.0. The van der Waals surface area contributed by atoms with Gasteiger partial charge < -0.3 is 0 Å². The fraction of sp³-hybridized carbons (Fsp3) is 0.615. The average Bonchev–Trinajstić information content (AvgIpc) is 2.31. The number of aliphatic imine (C=N–C) groups is 1. The van der Waals surface area contributed by atoms with Gasteiger partial charge in [0.1, 0.15) is 0 Å². The van der Waals surface area contributed by atoms with Crippen molar-refractivity contribution in [1.29, 1.82) is 0 Å². The van der Waals surface area contributed by atoms with Crippen molar-refractivity contribution in [2.45, 2.75) is 55.4 Å². The fourth-order valence-corrected chi connectivity index (χ4v) is 0.948. The summed E-state index contributed by atoms with van der Waals surface area (Å²) < 4.78 is 0. The number of hydrogen-bond acceptors (Lipinski definition) is 3. The van der Waals surface area contributed by atoms with Crippen LogP contribution in [0.5, 0.6) is 0 Å². The summed E-state index contributed by atoms with van der Waals surface area (Å²) in [4.78, 5) is 12.7. The lowest BCUT2D eigenvalue weighted by molar-refractivity contribution is 0.998. The molecule has 0 fully saturated rings. The molecule has 0 amide bonds. The molecule has 1 heterocycles. The first-order valence-electron chi connectivity index (χ1n) is 5.95. The Morgan fingerprint density at radius 3 is 1.69 bits per heavy atom. The topological polar surface area (TPSA) is 38.1 Å². The number of aromatic nitrogens is 2. The maximum atomic E-state index is 4.32. The maximum Gasteiger partial charge on any atom is 0.173 e. The number of aryl methyl sites for hydroxylation is 3. The monoisotopic (exact) mass is 223 g/mol. The molecule has 0 saturated heterocycles. The van der Waals surface area contributed by atoms with Crippen LogP contribution in [0.4, 0.5) is 5.82 Å². The van der Waals surface area contributed by atoms with Crippen LogP contribution in [0.15, 0.2) is 4.99 Å². The van der Waals surface area contributed by atoms with Crippen LogP contribution < -0.4 is 0 Å². The Morgan fingerprint density at radius 2 is 1.25 bits per heavy atom. The number of rotatable bonds is 1. The molecule has 1 rings (SSSR count). The van der Waals surface area contributed by atoms with Gasteiger partial charge in [0.25, 0.3) is 0 Å². The Hall–Kier alpha value is -1.25. The summed E-state index contributed by atoms with van der Waals surface area (Å²) in [6.45, 7) is 15.7. The molecule has 0 N–H and O–H groups in total. The van der Waals surface area contributed by atoms with E-state index in [0.717, 1.165) is 22.9 Å². The summed E-state index contributed by atoms with van der Waals surface area (Å²) in [6.07, 6.45) is 1.73. The molecule has 0 aliphatic rings. The molecule has 0 aromatic carbocycles. The third kappa shape index (κ3) is 5.59. The van der Waals surface area contributed by atoms with E-state index < -0.39 is 0 Å². The first-order chi connectivity index (χ1) is 7.65. The van der Waals surface area contributed by atoms with E-state index in [1.807, 2.05) is 55.4 Å². The first kappa shape index (κ1) is 17.2. The minimum absolute atomic E-state index is 0.723. The van der Waals surface area contributed by atoms with E-state index in [4.69, 9.17) is 0 Å². The molecule has 1 aromatic rings. The van der Waals surface area contributed by atoms with Crippen LogP contribution >= 0.6 is 0 Å². The van der Waals surface area contributed by atoms with Gasteiger partial charge in [-0.25, -0.2) is 9.98 Å². The molecule has 3 heteroatoms. The van der Waals surface area contributed by atoms with Crippen LogP contribution in [0.1, 0.15) is 51.7 Å². The van der Waals surface area contributed by atoms with Crippen molar-refractivity contribution >= 4 is 12.0 Å². The molecule has 16 heavy (non-hydrogen) atoms. The van der Waals surface area contributed by atoms with Crippen LogP contribution in [-0.4, -0.2) is 16.2 Å². The summed E-state index contributed by atoms with van der Waals surface area (Å²) >= 11 is 0. The third-order valence-corrected chi connectivity index (χ3v) is 1.71. The van der Waals surface area contributed by atoms with Gasteiger partial charge >= 0.3 is 0 Å². The number of nitrogens with zero attached hydrogens (tertiary/aromatic N) is 3. The van der Waals surface area contributed by atoms with Crippen molar-refractivity contribution in [2.75, 3.05) is 0 Å². The van der Waals surface area contributed by atoms with Gasteiger partial charge in [0, 0.05) is 6.21 Å². The molecule has 92 valence electrons. The summed E-state index contributed by atoms with van der Waals surface area (Å²) in [6, 6.07) is 0. The van der Waals surface area contributed by atoms with Crippen molar-refractivity contribution in [2.24, 2.45) is 4.99 Å². The first-order valence-corrected chi connectivity index (χ1v) is 5.95. The molecule has 0 aliphatic carbocycles. The van der Waals surface area contributed by atoms with Crippen LogP contribution in [0.3, 0.4) is 0 Å². The van der Waals surface area contributed by atoms with E-state index >= 15 is 0 Å². The van der Waals surface area contributed by atoms with Gasteiger partial charge in [-0.2, -0.15) is 0 Å². The van der Waals surface area contributed by atoms with Crippen molar-refractivity contribution < 1.29 is 0 Å². The molecule has 0 radical (unpaired) electrons. The molecule has 0 aliphatic heterocycles. The quantitative estimate of drug-likeness (QED) is 0.670. The maximum absolute atomic E-state index is 4.32. The predicted octanol–water partition coefficient (Wildman–Crippen LogP) is 4.18. The average molecular weight is 223 g/mol. The van der Waals surface area contributed by atoms with Gasteiger partial charge in [0.2, 0.25) is 0 Å². The van der Waals surface area contributed by atoms with Crippen molar-refractivity contribution in [3.05, 3.63) is 17.1 Å². The lowest BCUT2D eigenvalue weighted by atomic mass is 10.3. The highest BCUT2D eigenvalue weighted by molar-refractivity contribution is 5.59. The highest BCUT2D eigenvalue weighted by Gasteiger charge is 2.01. The Labute approximate surface area is 100 Å². The van der Waals surface area contributed by atoms with E-state index in [2.05, 4.69) is 15.0 Å². The van der Waals surface area contributed by atoms with E-state index in [9.17, 15) is 0 Å².